The molecule has 1 saturated carbocycles. The van der Waals surface area contributed by atoms with Gasteiger partial charge in [0.1, 0.15) is 5.82 Å². The summed E-state index contributed by atoms with van der Waals surface area (Å²) in [6.45, 7) is 1.37. The van der Waals surface area contributed by atoms with Crippen molar-refractivity contribution in [3.63, 3.8) is 0 Å². The zero-order valence-corrected chi connectivity index (χ0v) is 13.4. The first-order chi connectivity index (χ1) is 11.8. The molecule has 5 nitrogen and oxygen atoms in total. The van der Waals surface area contributed by atoms with Crippen molar-refractivity contribution in [1.82, 2.24) is 19.4 Å². The molecule has 1 aliphatic rings. The Kier molecular flexibility index (Phi) is 3.91. The minimum Gasteiger partial charge on any atom is -0.350 e. The number of amides is 1. The predicted octanol–water partition coefficient (Wildman–Crippen LogP) is 2.98. The molecule has 4 rings (SSSR count). The molecule has 0 spiro atoms. The lowest BCUT2D eigenvalue weighted by Gasteiger charge is -2.09. The van der Waals surface area contributed by atoms with Crippen LogP contribution in [0.2, 0.25) is 0 Å². The fourth-order valence-electron chi connectivity index (χ4n) is 2.89. The van der Waals surface area contributed by atoms with E-state index in [1.54, 1.807) is 0 Å². The molecule has 0 unspecified atom stereocenters. The number of aromatic nitrogens is 3. The van der Waals surface area contributed by atoms with Crippen LogP contribution in [0.25, 0.3) is 5.69 Å². The van der Waals surface area contributed by atoms with Gasteiger partial charge in [0, 0.05) is 55.0 Å². The number of nitrogens with one attached hydrogen (secondary N) is 1. The first-order valence-electron chi connectivity index (χ1n) is 8.34. The molecule has 0 radical (unpaired) electrons. The van der Waals surface area contributed by atoms with Gasteiger partial charge in [-0.25, -0.2) is 4.98 Å². The van der Waals surface area contributed by atoms with E-state index in [1.165, 1.54) is 12.8 Å². The van der Waals surface area contributed by atoms with Gasteiger partial charge in [-0.15, -0.1) is 0 Å². The van der Waals surface area contributed by atoms with Gasteiger partial charge in [-0.1, -0.05) is 0 Å². The van der Waals surface area contributed by atoms with Gasteiger partial charge in [-0.2, -0.15) is 0 Å². The second-order valence-electron chi connectivity index (χ2n) is 6.15. The number of hydrogen-bond acceptors (Lipinski definition) is 2. The molecule has 0 saturated heterocycles. The molecule has 0 bridgehead atoms. The highest BCUT2D eigenvalue weighted by molar-refractivity contribution is 5.94. The van der Waals surface area contributed by atoms with Crippen molar-refractivity contribution in [2.45, 2.75) is 25.3 Å². The molecule has 3 aromatic rings. The van der Waals surface area contributed by atoms with Crippen LogP contribution in [0.15, 0.2) is 61.2 Å². The molecule has 1 aliphatic carbocycles. The average molecular weight is 320 g/mol. The minimum atomic E-state index is -0.0397. The highest BCUT2D eigenvalue weighted by Gasteiger charge is 2.27. The molecule has 122 valence electrons. The van der Waals surface area contributed by atoms with Gasteiger partial charge in [-0.05, 0) is 49.2 Å². The standard InChI is InChI=1S/C19H20N4O/c24-19(16-5-7-17(8-6-16)22-11-1-2-12-22)21-10-14-23-13-9-20-18(23)15-3-4-15/h1-2,5-9,11-13,15H,3-4,10,14H2,(H,21,24). The highest BCUT2D eigenvalue weighted by Crippen LogP contribution is 2.38. The summed E-state index contributed by atoms with van der Waals surface area (Å²) in [5.41, 5.74) is 1.72. The zero-order valence-electron chi connectivity index (χ0n) is 13.4. The summed E-state index contributed by atoms with van der Waals surface area (Å²) in [6.07, 6.45) is 10.3. The van der Waals surface area contributed by atoms with E-state index < -0.39 is 0 Å². The van der Waals surface area contributed by atoms with Gasteiger partial charge >= 0.3 is 0 Å². The van der Waals surface area contributed by atoms with Crippen molar-refractivity contribution in [3.05, 3.63) is 72.6 Å². The Morgan fingerprint density at radius 2 is 1.88 bits per heavy atom. The Hall–Kier alpha value is -2.82. The first kappa shape index (κ1) is 14.8. The van der Waals surface area contributed by atoms with E-state index in [-0.39, 0.29) is 5.91 Å². The van der Waals surface area contributed by atoms with Crippen LogP contribution < -0.4 is 5.32 Å². The van der Waals surface area contributed by atoms with Crippen LogP contribution in [-0.4, -0.2) is 26.6 Å². The highest BCUT2D eigenvalue weighted by atomic mass is 16.1. The number of imidazole rings is 1. The van der Waals surface area contributed by atoms with Crippen molar-refractivity contribution in [1.29, 1.82) is 0 Å². The molecule has 24 heavy (non-hydrogen) atoms. The molecule has 0 aliphatic heterocycles. The van der Waals surface area contributed by atoms with E-state index >= 15 is 0 Å². The Labute approximate surface area is 140 Å². The zero-order chi connectivity index (χ0) is 16.4. The summed E-state index contributed by atoms with van der Waals surface area (Å²) >= 11 is 0. The van der Waals surface area contributed by atoms with Crippen LogP contribution in [0.5, 0.6) is 0 Å². The summed E-state index contributed by atoms with van der Waals surface area (Å²) in [5, 5.41) is 2.98. The number of hydrogen-bond donors (Lipinski definition) is 1. The molecule has 2 heterocycles. The van der Waals surface area contributed by atoms with Crippen molar-refractivity contribution in [2.24, 2.45) is 0 Å². The van der Waals surface area contributed by atoms with E-state index in [0.717, 1.165) is 18.1 Å². The summed E-state index contributed by atoms with van der Waals surface area (Å²) < 4.78 is 4.16. The lowest BCUT2D eigenvalue weighted by molar-refractivity contribution is 0.0952. The maximum atomic E-state index is 12.3. The van der Waals surface area contributed by atoms with Crippen molar-refractivity contribution >= 4 is 5.91 Å². The lowest BCUT2D eigenvalue weighted by atomic mass is 10.2. The Balaban J connectivity index is 1.33. The van der Waals surface area contributed by atoms with Crippen LogP contribution in [0.4, 0.5) is 0 Å². The first-order valence-corrected chi connectivity index (χ1v) is 8.34. The van der Waals surface area contributed by atoms with Gasteiger partial charge in [0.2, 0.25) is 0 Å². The van der Waals surface area contributed by atoms with E-state index in [2.05, 4.69) is 14.9 Å². The number of carbonyl (C=O) groups is 1. The smallest absolute Gasteiger partial charge is 0.251 e. The van der Waals surface area contributed by atoms with Crippen LogP contribution in [-0.2, 0) is 6.54 Å². The van der Waals surface area contributed by atoms with Gasteiger partial charge in [-0.3, -0.25) is 4.79 Å². The van der Waals surface area contributed by atoms with E-state index in [4.69, 9.17) is 0 Å². The molecule has 1 N–H and O–H groups in total. The monoisotopic (exact) mass is 320 g/mol. The number of carbonyl (C=O) groups excluding carboxylic acids is 1. The summed E-state index contributed by atoms with van der Waals surface area (Å²) in [6, 6.07) is 11.6. The topological polar surface area (TPSA) is 51.9 Å². The quantitative estimate of drug-likeness (QED) is 0.759. The third-order valence-corrected chi connectivity index (χ3v) is 4.36. The van der Waals surface area contributed by atoms with Crippen LogP contribution >= 0.6 is 0 Å². The average Bonchev–Trinajstić information content (AvgIpc) is 3.12. The maximum absolute atomic E-state index is 12.3. The molecular weight excluding hydrogens is 300 g/mol. The van der Waals surface area contributed by atoms with Crippen molar-refractivity contribution in [2.75, 3.05) is 6.54 Å². The lowest BCUT2D eigenvalue weighted by Crippen LogP contribution is -2.27. The Morgan fingerprint density at radius 1 is 1.12 bits per heavy atom. The number of rotatable bonds is 6. The van der Waals surface area contributed by atoms with Crippen LogP contribution in [0.1, 0.15) is 34.9 Å². The molecule has 0 atom stereocenters. The second-order valence-corrected chi connectivity index (χ2v) is 6.15. The molecule has 5 heteroatoms. The van der Waals surface area contributed by atoms with Gasteiger partial charge in [0.25, 0.3) is 5.91 Å². The van der Waals surface area contributed by atoms with E-state index in [0.29, 0.717) is 18.0 Å². The Morgan fingerprint density at radius 3 is 2.58 bits per heavy atom. The maximum Gasteiger partial charge on any atom is 0.251 e. The fourth-order valence-corrected chi connectivity index (χ4v) is 2.89. The fraction of sp³-hybridized carbons (Fsp3) is 0.263. The Bertz CT molecular complexity index is 813. The summed E-state index contributed by atoms with van der Waals surface area (Å²) in [7, 11) is 0. The predicted molar refractivity (Wildman–Crippen MR) is 92.3 cm³/mol. The molecule has 1 aromatic carbocycles. The van der Waals surface area contributed by atoms with Crippen LogP contribution in [0.3, 0.4) is 0 Å². The van der Waals surface area contributed by atoms with E-state index in [9.17, 15) is 4.79 Å². The van der Waals surface area contributed by atoms with E-state index in [1.807, 2.05) is 65.8 Å². The third kappa shape index (κ3) is 3.11. The van der Waals surface area contributed by atoms with Crippen molar-refractivity contribution < 1.29 is 4.79 Å². The van der Waals surface area contributed by atoms with Crippen LogP contribution in [0, 0.1) is 0 Å². The number of nitrogens with zero attached hydrogens (tertiary/aromatic N) is 3. The third-order valence-electron chi connectivity index (χ3n) is 4.36. The SMILES string of the molecule is O=C(NCCn1ccnc1C1CC1)c1ccc(-n2cccc2)cc1. The van der Waals surface area contributed by atoms with Crippen molar-refractivity contribution in [3.8, 4) is 5.69 Å². The second kappa shape index (κ2) is 6.35. The van der Waals surface area contributed by atoms with Gasteiger partial charge in [0.15, 0.2) is 0 Å². The number of benzene rings is 1. The summed E-state index contributed by atoms with van der Waals surface area (Å²) in [5.74, 6) is 1.74. The van der Waals surface area contributed by atoms with Gasteiger partial charge in [0.05, 0.1) is 0 Å². The summed E-state index contributed by atoms with van der Waals surface area (Å²) in [4.78, 5) is 16.7. The molecule has 2 aromatic heterocycles. The van der Waals surface area contributed by atoms with Gasteiger partial charge < -0.3 is 14.5 Å². The molecule has 1 amide bonds. The molecular formula is C19H20N4O. The minimum absolute atomic E-state index is 0.0397. The molecule has 1 fully saturated rings. The largest absolute Gasteiger partial charge is 0.350 e. The normalized spacial score (nSPS) is 13.8.